The Morgan fingerprint density at radius 1 is 1.00 bits per heavy atom. The summed E-state index contributed by atoms with van der Waals surface area (Å²) in [4.78, 5) is 18.6. The fourth-order valence-electron chi connectivity index (χ4n) is 3.50. The molecule has 0 unspecified atom stereocenters. The van der Waals surface area contributed by atoms with Crippen molar-refractivity contribution in [3.8, 4) is 11.3 Å². The molecule has 1 aliphatic heterocycles. The summed E-state index contributed by atoms with van der Waals surface area (Å²) in [6, 6.07) is 14.5. The van der Waals surface area contributed by atoms with Crippen LogP contribution in [0, 0.1) is 5.82 Å². The van der Waals surface area contributed by atoms with E-state index in [9.17, 15) is 17.6 Å². The van der Waals surface area contributed by atoms with Crippen LogP contribution in [0.2, 0.25) is 0 Å². The summed E-state index contributed by atoms with van der Waals surface area (Å²) < 4.78 is 46.2. The smallest absolute Gasteiger partial charge is 0.243 e. The second-order valence-corrected chi connectivity index (χ2v) is 9.13. The molecule has 0 radical (unpaired) electrons. The number of aromatic nitrogens is 1. The van der Waals surface area contributed by atoms with Gasteiger partial charge in [-0.15, -0.1) is 0 Å². The number of halogens is 1. The van der Waals surface area contributed by atoms with Gasteiger partial charge in [-0.05, 0) is 24.3 Å². The highest BCUT2D eigenvalue weighted by atomic mass is 32.2. The first-order valence-electron chi connectivity index (χ1n) is 9.98. The second kappa shape index (κ2) is 8.99. The lowest BCUT2D eigenvalue weighted by Gasteiger charge is -2.34. The van der Waals surface area contributed by atoms with E-state index in [1.165, 1.54) is 16.6 Å². The quantitative estimate of drug-likeness (QED) is 0.585. The molecule has 3 aromatic rings. The first-order valence-corrected chi connectivity index (χ1v) is 11.4. The van der Waals surface area contributed by atoms with Crippen LogP contribution < -0.4 is 0 Å². The summed E-state index contributed by atoms with van der Waals surface area (Å²) in [6.45, 7) is 1.16. The van der Waals surface area contributed by atoms with Crippen molar-refractivity contribution in [2.75, 3.05) is 26.2 Å². The lowest BCUT2D eigenvalue weighted by molar-refractivity contribution is -0.132. The van der Waals surface area contributed by atoms with E-state index in [0.717, 1.165) is 0 Å². The molecule has 9 heteroatoms. The Labute approximate surface area is 180 Å². The molecule has 0 spiro atoms. The number of carbonyl (C=O) groups is 1. The minimum absolute atomic E-state index is 0.0950. The molecule has 1 fully saturated rings. The summed E-state index contributed by atoms with van der Waals surface area (Å²) in [6.07, 6.45) is 1.92. The molecule has 31 heavy (non-hydrogen) atoms. The van der Waals surface area contributed by atoms with E-state index < -0.39 is 15.8 Å². The number of oxazole rings is 1. The molecule has 0 N–H and O–H groups in total. The van der Waals surface area contributed by atoms with Gasteiger partial charge in [0.1, 0.15) is 5.82 Å². The van der Waals surface area contributed by atoms with Gasteiger partial charge in [-0.25, -0.2) is 17.8 Å². The molecule has 4 rings (SSSR count). The number of carbonyl (C=O) groups excluding carboxylic acids is 1. The van der Waals surface area contributed by atoms with E-state index in [-0.39, 0.29) is 36.7 Å². The highest BCUT2D eigenvalue weighted by Crippen LogP contribution is 2.24. The molecular weight excluding hydrogens is 421 g/mol. The zero-order valence-electron chi connectivity index (χ0n) is 16.8. The van der Waals surface area contributed by atoms with Crippen molar-refractivity contribution in [3.05, 3.63) is 72.5 Å². The summed E-state index contributed by atoms with van der Waals surface area (Å²) in [5.74, 6) is 0.184. The van der Waals surface area contributed by atoms with Crippen LogP contribution in [-0.4, -0.2) is 54.7 Å². The van der Waals surface area contributed by atoms with Crippen molar-refractivity contribution in [2.45, 2.75) is 17.7 Å². The standard InChI is InChI=1S/C22H22FN3O4S/c23-19-9-5-4-8-18(19)20-16-24-21(30-20)10-11-22(27)25-12-14-26(15-13-25)31(28,29)17-6-2-1-3-7-17/h1-9,16H,10-15H2. The van der Waals surface area contributed by atoms with Gasteiger partial charge < -0.3 is 9.32 Å². The van der Waals surface area contributed by atoms with Gasteiger partial charge in [-0.2, -0.15) is 4.31 Å². The maximum atomic E-state index is 13.9. The normalized spacial score (nSPS) is 15.2. The minimum Gasteiger partial charge on any atom is -0.441 e. The largest absolute Gasteiger partial charge is 0.441 e. The van der Waals surface area contributed by atoms with Gasteiger partial charge in [0.25, 0.3) is 0 Å². The lowest BCUT2D eigenvalue weighted by atomic mass is 10.2. The van der Waals surface area contributed by atoms with Crippen LogP contribution in [0.15, 0.2) is 70.1 Å². The number of piperazine rings is 1. The number of hydrogen-bond acceptors (Lipinski definition) is 5. The Hall–Kier alpha value is -3.04. The molecule has 1 aliphatic rings. The highest BCUT2D eigenvalue weighted by molar-refractivity contribution is 7.89. The average Bonchev–Trinajstić information content (AvgIpc) is 3.27. The zero-order chi connectivity index (χ0) is 21.8. The lowest BCUT2D eigenvalue weighted by Crippen LogP contribution is -2.50. The first-order chi connectivity index (χ1) is 14.9. The maximum Gasteiger partial charge on any atom is 0.243 e. The summed E-state index contributed by atoms with van der Waals surface area (Å²) in [5, 5.41) is 0. The van der Waals surface area contributed by atoms with Gasteiger partial charge in [0.15, 0.2) is 11.7 Å². The van der Waals surface area contributed by atoms with Gasteiger partial charge in [0, 0.05) is 39.0 Å². The number of benzene rings is 2. The molecule has 0 aliphatic carbocycles. The Morgan fingerprint density at radius 2 is 1.68 bits per heavy atom. The van der Waals surface area contributed by atoms with Crippen LogP contribution >= 0.6 is 0 Å². The molecule has 2 heterocycles. The van der Waals surface area contributed by atoms with Crippen LogP contribution in [0.5, 0.6) is 0 Å². The molecule has 7 nitrogen and oxygen atoms in total. The molecule has 0 saturated carbocycles. The average molecular weight is 444 g/mol. The SMILES string of the molecule is O=C(CCc1ncc(-c2ccccc2F)o1)N1CCN(S(=O)(=O)c2ccccc2)CC1. The Balaban J connectivity index is 1.31. The van der Waals surface area contributed by atoms with Crippen molar-refractivity contribution < 1.29 is 22.0 Å². The van der Waals surface area contributed by atoms with E-state index in [2.05, 4.69) is 4.98 Å². The van der Waals surface area contributed by atoms with Gasteiger partial charge >= 0.3 is 0 Å². The fraction of sp³-hybridized carbons (Fsp3) is 0.273. The maximum absolute atomic E-state index is 13.9. The van der Waals surface area contributed by atoms with E-state index in [4.69, 9.17) is 4.42 Å². The molecule has 2 aromatic carbocycles. The van der Waals surface area contributed by atoms with Crippen molar-refractivity contribution >= 4 is 15.9 Å². The van der Waals surface area contributed by atoms with Gasteiger partial charge in [-0.1, -0.05) is 30.3 Å². The summed E-state index contributed by atoms with van der Waals surface area (Å²) in [7, 11) is -3.55. The van der Waals surface area contributed by atoms with Crippen LogP contribution in [0.25, 0.3) is 11.3 Å². The predicted octanol–water partition coefficient (Wildman–Crippen LogP) is 2.95. The van der Waals surface area contributed by atoms with Crippen molar-refractivity contribution in [3.63, 3.8) is 0 Å². The zero-order valence-corrected chi connectivity index (χ0v) is 17.6. The van der Waals surface area contributed by atoms with Crippen molar-refractivity contribution in [1.29, 1.82) is 0 Å². The number of nitrogens with zero attached hydrogens (tertiary/aromatic N) is 3. The Kier molecular flexibility index (Phi) is 6.15. The minimum atomic E-state index is -3.55. The molecule has 0 atom stereocenters. The molecule has 1 amide bonds. The van der Waals surface area contributed by atoms with Gasteiger partial charge in [0.05, 0.1) is 16.7 Å². The molecule has 1 saturated heterocycles. The number of amides is 1. The van der Waals surface area contributed by atoms with Crippen LogP contribution in [0.1, 0.15) is 12.3 Å². The van der Waals surface area contributed by atoms with E-state index in [0.29, 0.717) is 30.3 Å². The third-order valence-electron chi connectivity index (χ3n) is 5.22. The topological polar surface area (TPSA) is 83.7 Å². The van der Waals surface area contributed by atoms with E-state index in [1.807, 2.05) is 0 Å². The first kappa shape index (κ1) is 21.2. The van der Waals surface area contributed by atoms with Crippen LogP contribution in [0.3, 0.4) is 0 Å². The van der Waals surface area contributed by atoms with Crippen LogP contribution in [-0.2, 0) is 21.2 Å². The van der Waals surface area contributed by atoms with Gasteiger partial charge in [-0.3, -0.25) is 4.79 Å². The number of rotatable bonds is 6. The van der Waals surface area contributed by atoms with E-state index in [1.54, 1.807) is 53.4 Å². The summed E-state index contributed by atoms with van der Waals surface area (Å²) in [5.41, 5.74) is 0.323. The molecule has 162 valence electrons. The Morgan fingerprint density at radius 3 is 2.39 bits per heavy atom. The third kappa shape index (κ3) is 4.67. The molecule has 0 bridgehead atoms. The van der Waals surface area contributed by atoms with Gasteiger partial charge in [0.2, 0.25) is 15.9 Å². The summed E-state index contributed by atoms with van der Waals surface area (Å²) >= 11 is 0. The van der Waals surface area contributed by atoms with Crippen molar-refractivity contribution in [1.82, 2.24) is 14.2 Å². The third-order valence-corrected chi connectivity index (χ3v) is 7.13. The number of aryl methyl sites for hydroxylation is 1. The molecule has 1 aromatic heterocycles. The number of hydrogen-bond donors (Lipinski definition) is 0. The predicted molar refractivity (Wildman–Crippen MR) is 112 cm³/mol. The van der Waals surface area contributed by atoms with E-state index >= 15 is 0 Å². The van der Waals surface area contributed by atoms with Crippen molar-refractivity contribution in [2.24, 2.45) is 0 Å². The van der Waals surface area contributed by atoms with Crippen LogP contribution in [0.4, 0.5) is 4.39 Å². The second-order valence-electron chi connectivity index (χ2n) is 7.20. The number of sulfonamides is 1. The molecular formula is C22H22FN3O4S. The monoisotopic (exact) mass is 443 g/mol. The fourth-order valence-corrected chi connectivity index (χ4v) is 4.95. The highest BCUT2D eigenvalue weighted by Gasteiger charge is 2.29. The Bertz CT molecular complexity index is 1160.